The van der Waals surface area contributed by atoms with E-state index in [1.54, 1.807) is 42.5 Å². The van der Waals surface area contributed by atoms with Gasteiger partial charge in [0.2, 0.25) is 0 Å². The average Bonchev–Trinajstić information content (AvgIpc) is 2.93. The third kappa shape index (κ3) is 6.20. The quantitative estimate of drug-likeness (QED) is 0.171. The number of ether oxygens (including phenoxy) is 2. The zero-order chi connectivity index (χ0) is 31.8. The molecular weight excluding hydrogens is 587 g/mol. The normalized spacial score (nSPS) is 24.3. The summed E-state index contributed by atoms with van der Waals surface area (Å²) in [6, 6.07) is 15.1. The molecule has 2 aromatic rings. The molecule has 43 heavy (non-hydrogen) atoms. The summed E-state index contributed by atoms with van der Waals surface area (Å²) in [5, 5.41) is -0.259. The van der Waals surface area contributed by atoms with Gasteiger partial charge in [-0.2, -0.15) is 0 Å². The lowest BCUT2D eigenvalue weighted by Gasteiger charge is -2.53. The van der Waals surface area contributed by atoms with Gasteiger partial charge in [0.05, 0.1) is 17.5 Å². The summed E-state index contributed by atoms with van der Waals surface area (Å²) in [7, 11) is -7.02. The van der Waals surface area contributed by atoms with Gasteiger partial charge in [0, 0.05) is 12.8 Å². The molecule has 0 bridgehead atoms. The Hall–Kier alpha value is -3.28. The fourth-order valence-corrected chi connectivity index (χ4v) is 8.23. The summed E-state index contributed by atoms with van der Waals surface area (Å²) >= 11 is 0. The van der Waals surface area contributed by atoms with Gasteiger partial charge < -0.3 is 13.9 Å². The predicted molar refractivity (Wildman–Crippen MR) is 164 cm³/mol. The number of carbonyl (C=O) groups is 3. The third-order valence-electron chi connectivity index (χ3n) is 8.81. The molecule has 1 saturated heterocycles. The number of piperidine rings is 1. The third-order valence-corrected chi connectivity index (χ3v) is 15.1. The number of sulfonamides is 1. The van der Waals surface area contributed by atoms with Crippen LogP contribution < -0.4 is 0 Å². The first kappa shape index (κ1) is 32.6. The molecule has 0 radical (unpaired) electrons. The van der Waals surface area contributed by atoms with E-state index in [0.29, 0.717) is 5.56 Å². The summed E-state index contributed by atoms with van der Waals surface area (Å²) in [5.41, 5.74) is -0.671. The van der Waals surface area contributed by atoms with Crippen molar-refractivity contribution in [2.24, 2.45) is 11.3 Å². The lowest BCUT2D eigenvalue weighted by Crippen LogP contribution is -2.70. The molecule has 11 heteroatoms. The van der Waals surface area contributed by atoms with Crippen LogP contribution in [0.25, 0.3) is 0 Å². The molecule has 2 aliphatic rings. The molecule has 1 fully saturated rings. The Bertz CT molecular complexity index is 1500. The van der Waals surface area contributed by atoms with Crippen molar-refractivity contribution in [1.82, 2.24) is 4.31 Å². The van der Waals surface area contributed by atoms with Gasteiger partial charge in [0.1, 0.15) is 12.7 Å². The standard InChI is InChI=1S/C32H41NO8SSi/c1-22-16-18-25(19-17-22)42(37,38)33-20-27(41-43(6,7)31(3,4)5)26-14-11-15-28(40-23(2)34)32(26,29(33)35)30(36)39-21-24-12-9-8-10-13-24/h8-13,15-19,26-28H,14,20-21H2,1-7H3/t26-,27-,28-,32-/m1/s1. The fourth-order valence-electron chi connectivity index (χ4n) is 5.43. The highest BCUT2D eigenvalue weighted by molar-refractivity contribution is 7.89. The van der Waals surface area contributed by atoms with Crippen LogP contribution in [-0.4, -0.2) is 57.6 Å². The topological polar surface area (TPSA) is 116 Å². The van der Waals surface area contributed by atoms with Crippen LogP contribution in [0.15, 0.2) is 71.6 Å². The molecule has 0 spiro atoms. The summed E-state index contributed by atoms with van der Waals surface area (Å²) in [6.45, 7) is 12.8. The highest BCUT2D eigenvalue weighted by Crippen LogP contribution is 2.51. The van der Waals surface area contributed by atoms with Gasteiger partial charge in [-0.3, -0.25) is 14.4 Å². The van der Waals surface area contributed by atoms with Crippen LogP contribution in [0.3, 0.4) is 0 Å². The van der Waals surface area contributed by atoms with Crippen LogP contribution in [0.2, 0.25) is 18.1 Å². The van der Waals surface area contributed by atoms with Crippen LogP contribution >= 0.6 is 0 Å². The Labute approximate surface area is 255 Å². The van der Waals surface area contributed by atoms with Crippen molar-refractivity contribution in [3.8, 4) is 0 Å². The SMILES string of the molecule is CC(=O)O[C@@H]1C=CC[C@@H]2[C@H](O[Si](C)(C)C(C)(C)C)CN(S(=O)(=O)c3ccc(C)cc3)C(=O)[C@@]21C(=O)OCc1ccccc1. The molecular formula is C32H41NO8SSi. The monoisotopic (exact) mass is 627 g/mol. The van der Waals surface area contributed by atoms with Crippen molar-refractivity contribution in [3.05, 3.63) is 77.9 Å². The van der Waals surface area contributed by atoms with Crippen LogP contribution in [0.4, 0.5) is 0 Å². The molecule has 4 atom stereocenters. The van der Waals surface area contributed by atoms with Crippen LogP contribution in [0, 0.1) is 18.3 Å². The molecule has 232 valence electrons. The summed E-state index contributed by atoms with van der Waals surface area (Å²) in [5.74, 6) is -3.54. The van der Waals surface area contributed by atoms with E-state index in [-0.39, 0.29) is 29.5 Å². The van der Waals surface area contributed by atoms with E-state index >= 15 is 0 Å². The second-order valence-corrected chi connectivity index (χ2v) is 19.4. The van der Waals surface area contributed by atoms with Gasteiger partial charge in [0.25, 0.3) is 15.9 Å². The van der Waals surface area contributed by atoms with E-state index in [1.165, 1.54) is 25.1 Å². The highest BCUT2D eigenvalue weighted by Gasteiger charge is 2.68. The molecule has 1 aliphatic carbocycles. The smallest absolute Gasteiger partial charge is 0.326 e. The van der Waals surface area contributed by atoms with Crippen molar-refractivity contribution in [3.63, 3.8) is 0 Å². The Morgan fingerprint density at radius 1 is 1.05 bits per heavy atom. The first-order valence-corrected chi connectivity index (χ1v) is 18.7. The Kier molecular flexibility index (Phi) is 9.11. The lowest BCUT2D eigenvalue weighted by atomic mass is 9.62. The van der Waals surface area contributed by atoms with Gasteiger partial charge >= 0.3 is 11.9 Å². The first-order valence-electron chi connectivity index (χ1n) is 14.4. The average molecular weight is 628 g/mol. The maximum atomic E-state index is 14.7. The number of aryl methyl sites for hydroxylation is 1. The van der Waals surface area contributed by atoms with E-state index in [2.05, 4.69) is 20.8 Å². The van der Waals surface area contributed by atoms with Gasteiger partial charge in [0.15, 0.2) is 13.7 Å². The van der Waals surface area contributed by atoms with E-state index < -0.39 is 59.7 Å². The molecule has 0 aromatic heterocycles. The number of hydrogen-bond acceptors (Lipinski definition) is 8. The number of rotatable bonds is 8. The zero-order valence-corrected chi connectivity index (χ0v) is 27.6. The minimum absolute atomic E-state index is 0.0980. The van der Waals surface area contributed by atoms with Crippen molar-refractivity contribution in [1.29, 1.82) is 0 Å². The van der Waals surface area contributed by atoms with Crippen LogP contribution in [0.5, 0.6) is 0 Å². The Morgan fingerprint density at radius 2 is 1.67 bits per heavy atom. The Morgan fingerprint density at radius 3 is 2.26 bits per heavy atom. The van der Waals surface area contributed by atoms with E-state index in [9.17, 15) is 22.8 Å². The highest BCUT2D eigenvalue weighted by atomic mass is 32.2. The van der Waals surface area contributed by atoms with Crippen molar-refractivity contribution in [2.45, 2.75) is 82.9 Å². The first-order chi connectivity index (χ1) is 20.0. The molecule has 1 amide bonds. The number of hydrogen-bond donors (Lipinski definition) is 0. The summed E-state index contributed by atoms with van der Waals surface area (Å²) in [4.78, 5) is 41.3. The molecule has 1 aliphatic heterocycles. The molecule has 0 unspecified atom stereocenters. The number of esters is 2. The minimum Gasteiger partial charge on any atom is -0.460 e. The van der Waals surface area contributed by atoms with Crippen molar-refractivity contribution < 1.29 is 36.7 Å². The van der Waals surface area contributed by atoms with Crippen molar-refractivity contribution >= 4 is 36.2 Å². The second-order valence-electron chi connectivity index (χ2n) is 12.8. The zero-order valence-electron chi connectivity index (χ0n) is 25.8. The second kappa shape index (κ2) is 12.0. The van der Waals surface area contributed by atoms with E-state index in [4.69, 9.17) is 13.9 Å². The van der Waals surface area contributed by atoms with E-state index in [0.717, 1.165) is 9.87 Å². The molecule has 2 aromatic carbocycles. The van der Waals surface area contributed by atoms with Crippen LogP contribution in [0.1, 0.15) is 45.2 Å². The molecule has 9 nitrogen and oxygen atoms in total. The van der Waals surface area contributed by atoms with Crippen LogP contribution in [-0.2, 0) is 44.9 Å². The van der Waals surface area contributed by atoms with Gasteiger partial charge in [-0.1, -0.05) is 74.9 Å². The summed E-state index contributed by atoms with van der Waals surface area (Å²) in [6.07, 6.45) is 1.18. The number of amides is 1. The maximum absolute atomic E-state index is 14.7. The van der Waals surface area contributed by atoms with Gasteiger partial charge in [-0.15, -0.1) is 0 Å². The number of nitrogens with zero attached hydrogens (tertiary/aromatic N) is 1. The molecule has 1 heterocycles. The predicted octanol–water partition coefficient (Wildman–Crippen LogP) is 5.15. The minimum atomic E-state index is -4.45. The maximum Gasteiger partial charge on any atom is 0.326 e. The van der Waals surface area contributed by atoms with Gasteiger partial charge in [-0.25, -0.2) is 12.7 Å². The Balaban J connectivity index is 1.91. The lowest BCUT2D eigenvalue weighted by molar-refractivity contribution is -0.193. The molecule has 0 N–H and O–H groups in total. The largest absolute Gasteiger partial charge is 0.460 e. The van der Waals surface area contributed by atoms with E-state index in [1.807, 2.05) is 26.1 Å². The number of allylic oxidation sites excluding steroid dienone is 1. The molecule has 0 saturated carbocycles. The number of fused-ring (bicyclic) bond motifs is 1. The molecule has 4 rings (SSSR count). The fraction of sp³-hybridized carbons (Fsp3) is 0.469. The van der Waals surface area contributed by atoms with Gasteiger partial charge in [-0.05, 0) is 55.2 Å². The van der Waals surface area contributed by atoms with Crippen molar-refractivity contribution in [2.75, 3.05) is 6.54 Å². The summed E-state index contributed by atoms with van der Waals surface area (Å²) < 4.78 is 47.3. The number of carbonyl (C=O) groups excluding carboxylic acids is 3. The number of benzene rings is 2.